The van der Waals surface area contributed by atoms with Crippen molar-refractivity contribution in [3.05, 3.63) is 65.2 Å². The van der Waals surface area contributed by atoms with Crippen LogP contribution in [0.5, 0.6) is 0 Å². The number of rotatable bonds is 7. The molecule has 0 aromatic heterocycles. The highest BCUT2D eigenvalue weighted by atomic mass is 32.2. The van der Waals surface area contributed by atoms with E-state index in [-0.39, 0.29) is 5.91 Å². The Hall–Kier alpha value is -2.27. The molecule has 0 saturated heterocycles. The predicted molar refractivity (Wildman–Crippen MR) is 100 cm³/mol. The highest BCUT2D eigenvalue weighted by Gasteiger charge is 2.32. The summed E-state index contributed by atoms with van der Waals surface area (Å²) in [6.45, 7) is 2.63. The van der Waals surface area contributed by atoms with Crippen molar-refractivity contribution < 1.29 is 9.59 Å². The van der Waals surface area contributed by atoms with E-state index < -0.39 is 5.91 Å². The summed E-state index contributed by atoms with van der Waals surface area (Å²) in [6, 6.07) is 15.8. The highest BCUT2D eigenvalue weighted by Crippen LogP contribution is 2.30. The third kappa shape index (κ3) is 4.86. The van der Waals surface area contributed by atoms with Gasteiger partial charge in [0, 0.05) is 23.0 Å². The second-order valence-electron chi connectivity index (χ2n) is 6.42. The Kier molecular flexibility index (Phi) is 5.43. The smallest absolute Gasteiger partial charge is 0.248 e. The highest BCUT2D eigenvalue weighted by molar-refractivity contribution is 8.00. The van der Waals surface area contributed by atoms with Crippen LogP contribution in [0.15, 0.2) is 53.4 Å². The average Bonchev–Trinajstić information content (AvgIpc) is 3.44. The van der Waals surface area contributed by atoms with E-state index in [2.05, 4.69) is 31.2 Å². The van der Waals surface area contributed by atoms with Gasteiger partial charge in [-0.05, 0) is 49.6 Å². The molecule has 3 rings (SSSR count). The fraction of sp³-hybridized carbons (Fsp3) is 0.300. The molecule has 5 heteroatoms. The lowest BCUT2D eigenvalue weighted by Crippen LogP contribution is -2.34. The van der Waals surface area contributed by atoms with Crippen molar-refractivity contribution in [1.29, 1.82) is 0 Å². The number of thioether (sulfide) groups is 1. The van der Waals surface area contributed by atoms with Crippen LogP contribution in [0.1, 0.15) is 34.3 Å². The van der Waals surface area contributed by atoms with E-state index in [1.54, 1.807) is 23.9 Å². The van der Waals surface area contributed by atoms with E-state index in [1.165, 1.54) is 5.56 Å². The molecule has 1 aliphatic carbocycles. The molecule has 0 unspecified atom stereocenters. The SMILES string of the molecule is Cc1ccc(SCC(=O)N(Cc2ccc(C(N)=O)cc2)C2CC2)cc1. The van der Waals surface area contributed by atoms with Crippen molar-refractivity contribution in [2.75, 3.05) is 5.75 Å². The molecule has 4 nitrogen and oxygen atoms in total. The van der Waals surface area contributed by atoms with Crippen LogP contribution in [0.2, 0.25) is 0 Å². The first-order valence-electron chi connectivity index (χ1n) is 8.40. The first-order chi connectivity index (χ1) is 12.0. The Morgan fingerprint density at radius 3 is 2.28 bits per heavy atom. The summed E-state index contributed by atoms with van der Waals surface area (Å²) in [6.07, 6.45) is 2.14. The number of hydrogen-bond donors (Lipinski definition) is 1. The zero-order valence-corrected chi connectivity index (χ0v) is 15.1. The molecule has 2 N–H and O–H groups in total. The molecule has 0 aliphatic heterocycles. The number of nitrogens with two attached hydrogens (primary N) is 1. The molecular weight excluding hydrogens is 332 g/mol. The van der Waals surface area contributed by atoms with E-state index in [0.717, 1.165) is 23.3 Å². The van der Waals surface area contributed by atoms with Crippen LogP contribution in [-0.2, 0) is 11.3 Å². The second kappa shape index (κ2) is 7.74. The number of aryl methyl sites for hydroxylation is 1. The lowest BCUT2D eigenvalue weighted by atomic mass is 10.1. The number of primary amides is 1. The summed E-state index contributed by atoms with van der Waals surface area (Å²) in [5.74, 6) is 0.169. The van der Waals surface area contributed by atoms with Crippen LogP contribution in [0, 0.1) is 6.92 Å². The van der Waals surface area contributed by atoms with E-state index in [1.807, 2.05) is 17.0 Å². The summed E-state index contributed by atoms with van der Waals surface area (Å²) in [5, 5.41) is 0. The number of hydrogen-bond acceptors (Lipinski definition) is 3. The van der Waals surface area contributed by atoms with Crippen LogP contribution in [-0.4, -0.2) is 28.5 Å². The zero-order chi connectivity index (χ0) is 17.8. The lowest BCUT2D eigenvalue weighted by Gasteiger charge is -2.22. The summed E-state index contributed by atoms with van der Waals surface area (Å²) in [4.78, 5) is 26.9. The second-order valence-corrected chi connectivity index (χ2v) is 7.46. The van der Waals surface area contributed by atoms with E-state index >= 15 is 0 Å². The molecule has 2 aromatic rings. The first-order valence-corrected chi connectivity index (χ1v) is 9.39. The quantitative estimate of drug-likeness (QED) is 0.775. The molecule has 2 amide bonds. The molecule has 1 saturated carbocycles. The largest absolute Gasteiger partial charge is 0.366 e. The third-order valence-corrected chi connectivity index (χ3v) is 5.28. The van der Waals surface area contributed by atoms with Gasteiger partial charge < -0.3 is 10.6 Å². The molecule has 2 aromatic carbocycles. The minimum absolute atomic E-state index is 0.159. The van der Waals surface area contributed by atoms with Crippen molar-refractivity contribution in [1.82, 2.24) is 4.90 Å². The number of carbonyl (C=O) groups is 2. The number of amides is 2. The van der Waals surface area contributed by atoms with Crippen LogP contribution in [0.25, 0.3) is 0 Å². The molecule has 0 atom stereocenters. The van der Waals surface area contributed by atoms with Gasteiger partial charge in [-0.2, -0.15) is 0 Å². The topological polar surface area (TPSA) is 63.4 Å². The molecule has 1 aliphatic rings. The van der Waals surface area contributed by atoms with Gasteiger partial charge in [0.25, 0.3) is 0 Å². The summed E-state index contributed by atoms with van der Waals surface area (Å²) >= 11 is 1.58. The van der Waals surface area contributed by atoms with Gasteiger partial charge in [-0.1, -0.05) is 29.8 Å². The number of benzene rings is 2. The molecule has 130 valence electrons. The minimum atomic E-state index is -0.434. The Balaban J connectivity index is 1.61. The van der Waals surface area contributed by atoms with Gasteiger partial charge in [0.15, 0.2) is 0 Å². The maximum atomic E-state index is 12.7. The number of carbonyl (C=O) groups excluding carboxylic acids is 2. The molecule has 0 heterocycles. The molecule has 1 fully saturated rings. The van der Waals surface area contributed by atoms with Crippen molar-refractivity contribution in [2.24, 2.45) is 5.73 Å². The molecule has 0 spiro atoms. The summed E-state index contributed by atoms with van der Waals surface area (Å²) in [7, 11) is 0. The van der Waals surface area contributed by atoms with Crippen LogP contribution in [0.4, 0.5) is 0 Å². The van der Waals surface area contributed by atoms with Gasteiger partial charge in [0.2, 0.25) is 11.8 Å². The maximum absolute atomic E-state index is 12.7. The number of nitrogens with zero attached hydrogens (tertiary/aromatic N) is 1. The van der Waals surface area contributed by atoms with E-state index in [4.69, 9.17) is 5.73 Å². The summed E-state index contributed by atoms with van der Waals surface area (Å²) < 4.78 is 0. The van der Waals surface area contributed by atoms with Crippen LogP contribution < -0.4 is 5.73 Å². The molecule has 0 bridgehead atoms. The van der Waals surface area contributed by atoms with Gasteiger partial charge in [0.1, 0.15) is 0 Å². The Bertz CT molecular complexity index is 752. The minimum Gasteiger partial charge on any atom is -0.366 e. The van der Waals surface area contributed by atoms with Gasteiger partial charge in [-0.3, -0.25) is 9.59 Å². The van der Waals surface area contributed by atoms with Crippen molar-refractivity contribution in [3.63, 3.8) is 0 Å². The fourth-order valence-electron chi connectivity index (χ4n) is 2.64. The van der Waals surface area contributed by atoms with Gasteiger partial charge in [0.05, 0.1) is 5.75 Å². The van der Waals surface area contributed by atoms with Crippen molar-refractivity contribution in [3.8, 4) is 0 Å². The standard InChI is InChI=1S/C20H22N2O2S/c1-14-2-10-18(11-3-14)25-13-19(23)22(17-8-9-17)12-15-4-6-16(7-5-15)20(21)24/h2-7,10-11,17H,8-9,12-13H2,1H3,(H2,21,24). The Labute approximate surface area is 152 Å². The Morgan fingerprint density at radius 1 is 1.08 bits per heavy atom. The van der Waals surface area contributed by atoms with Gasteiger partial charge in [-0.25, -0.2) is 0 Å². The summed E-state index contributed by atoms with van der Waals surface area (Å²) in [5.41, 5.74) is 7.99. The first kappa shape index (κ1) is 17.5. The van der Waals surface area contributed by atoms with E-state index in [9.17, 15) is 9.59 Å². The Morgan fingerprint density at radius 2 is 1.72 bits per heavy atom. The molecule has 25 heavy (non-hydrogen) atoms. The predicted octanol–water partition coefficient (Wildman–Crippen LogP) is 3.38. The van der Waals surface area contributed by atoms with Gasteiger partial charge in [-0.15, -0.1) is 11.8 Å². The maximum Gasteiger partial charge on any atom is 0.248 e. The lowest BCUT2D eigenvalue weighted by molar-refractivity contribution is -0.129. The fourth-order valence-corrected chi connectivity index (χ4v) is 3.43. The van der Waals surface area contributed by atoms with E-state index in [0.29, 0.717) is 23.9 Å². The van der Waals surface area contributed by atoms with Crippen molar-refractivity contribution >= 4 is 23.6 Å². The molecule has 0 radical (unpaired) electrons. The molecular formula is C20H22N2O2S. The monoisotopic (exact) mass is 354 g/mol. The van der Waals surface area contributed by atoms with Gasteiger partial charge >= 0.3 is 0 Å². The third-order valence-electron chi connectivity index (χ3n) is 4.28. The van der Waals surface area contributed by atoms with Crippen LogP contribution >= 0.6 is 11.8 Å². The zero-order valence-electron chi connectivity index (χ0n) is 14.3. The van der Waals surface area contributed by atoms with Crippen molar-refractivity contribution in [2.45, 2.75) is 37.2 Å². The normalized spacial score (nSPS) is 13.5. The average molecular weight is 354 g/mol. The van der Waals surface area contributed by atoms with Crippen LogP contribution in [0.3, 0.4) is 0 Å².